The molecule has 202 valence electrons. The predicted molar refractivity (Wildman–Crippen MR) is 143 cm³/mol. The topological polar surface area (TPSA) is 131 Å². The highest BCUT2D eigenvalue weighted by Gasteiger charge is 2.25. The van der Waals surface area contributed by atoms with Crippen LogP contribution in [0.3, 0.4) is 0 Å². The fourth-order valence-corrected chi connectivity index (χ4v) is 4.81. The van der Waals surface area contributed by atoms with Crippen LogP contribution in [-0.4, -0.2) is 47.5 Å². The van der Waals surface area contributed by atoms with Gasteiger partial charge in [0.25, 0.3) is 11.8 Å². The number of hydrogen-bond acceptors (Lipinski definition) is 6. The second-order valence-corrected chi connectivity index (χ2v) is 9.26. The second kappa shape index (κ2) is 13.1. The summed E-state index contributed by atoms with van der Waals surface area (Å²) in [4.78, 5) is 43.7. The zero-order valence-electron chi connectivity index (χ0n) is 21.5. The fourth-order valence-electron chi connectivity index (χ4n) is 4.81. The highest BCUT2D eigenvalue weighted by atomic mass is 16.6. The van der Waals surface area contributed by atoms with E-state index >= 15 is 0 Å². The van der Waals surface area contributed by atoms with E-state index in [1.807, 2.05) is 24.3 Å². The summed E-state index contributed by atoms with van der Waals surface area (Å²) in [6, 6.07) is 14.7. The number of para-hydroxylation sites is 3. The maximum atomic E-state index is 13.6. The summed E-state index contributed by atoms with van der Waals surface area (Å²) < 4.78 is 7.74. The smallest absolute Gasteiger partial charge is 0.258 e. The van der Waals surface area contributed by atoms with Crippen molar-refractivity contribution in [3.63, 3.8) is 0 Å². The molecule has 0 saturated heterocycles. The van der Waals surface area contributed by atoms with Crippen molar-refractivity contribution >= 4 is 40.0 Å². The van der Waals surface area contributed by atoms with Gasteiger partial charge >= 0.3 is 0 Å². The monoisotopic (exact) mass is 522 g/mol. The number of benzene rings is 2. The first-order valence-electron chi connectivity index (χ1n) is 13.0. The van der Waals surface area contributed by atoms with E-state index in [-0.39, 0.29) is 18.2 Å². The van der Waals surface area contributed by atoms with Gasteiger partial charge in [0.05, 0.1) is 28.1 Å². The molecule has 38 heavy (non-hydrogen) atoms. The van der Waals surface area contributed by atoms with Gasteiger partial charge in [-0.05, 0) is 50.3 Å². The Balaban J connectivity index is 1.58. The molecule has 3 aromatic rings. The zero-order chi connectivity index (χ0) is 26.9. The summed E-state index contributed by atoms with van der Waals surface area (Å²) in [5.41, 5.74) is 4.74. The number of aromatic nitrogens is 1. The number of fused-ring (bicyclic) bond motifs is 4. The third-order valence-electron chi connectivity index (χ3n) is 6.68. The summed E-state index contributed by atoms with van der Waals surface area (Å²) in [6.07, 6.45) is 4.08. The van der Waals surface area contributed by atoms with Crippen LogP contribution in [0.25, 0.3) is 10.9 Å². The maximum Gasteiger partial charge on any atom is 0.258 e. The molecule has 1 unspecified atom stereocenters. The van der Waals surface area contributed by atoms with Gasteiger partial charge in [0.15, 0.2) is 0 Å². The summed E-state index contributed by atoms with van der Waals surface area (Å²) in [5.74, 6) is -0.981. The molecule has 4 rings (SSSR count). The highest BCUT2D eigenvalue weighted by Crippen LogP contribution is 2.30. The van der Waals surface area contributed by atoms with E-state index in [1.54, 1.807) is 41.6 Å². The Morgan fingerprint density at radius 1 is 1.05 bits per heavy atom. The molecule has 3 amide bonds. The highest BCUT2D eigenvalue weighted by molar-refractivity contribution is 6.15. The van der Waals surface area contributed by atoms with Gasteiger partial charge in [0.2, 0.25) is 5.91 Å². The number of anilines is 2. The van der Waals surface area contributed by atoms with Crippen molar-refractivity contribution in [1.29, 1.82) is 0 Å². The van der Waals surface area contributed by atoms with Crippen LogP contribution < -0.4 is 21.0 Å². The average molecular weight is 523 g/mol. The van der Waals surface area contributed by atoms with Crippen molar-refractivity contribution in [3.8, 4) is 0 Å². The Kier molecular flexibility index (Phi) is 9.34. The number of rotatable bonds is 7. The number of hydrogen-bond donors (Lipinski definition) is 4. The molecule has 0 aliphatic carbocycles. The SMILES string of the molecule is COn1c2c(c3ccccc31)C(=O)Nc1ccccc1NC(=O)C(CCCCCC(=O)NO)OCCCC2. The van der Waals surface area contributed by atoms with Crippen molar-refractivity contribution < 1.29 is 29.2 Å². The molecule has 0 radical (unpaired) electrons. The molecule has 2 heterocycles. The number of ether oxygens (including phenoxy) is 1. The van der Waals surface area contributed by atoms with Gasteiger partial charge in [-0.15, -0.1) is 0 Å². The predicted octanol–water partition coefficient (Wildman–Crippen LogP) is 4.07. The molecule has 0 saturated carbocycles. The standard InChI is InChI=1S/C28H34N4O6/c1-37-32-22-14-8-5-11-19(22)26-23(32)15-9-10-18-38-24(16-3-2-4-17-25(33)31-36)27(34)29-20-12-6-7-13-21(20)30-28(26)35/h5-8,11-14,24,36H,2-4,9-10,15-18H2,1H3,(H,29,34)(H,30,35)(H,31,33). The Morgan fingerprint density at radius 3 is 2.55 bits per heavy atom. The van der Waals surface area contributed by atoms with E-state index in [4.69, 9.17) is 14.8 Å². The average Bonchev–Trinajstić information content (AvgIpc) is 3.25. The summed E-state index contributed by atoms with van der Waals surface area (Å²) >= 11 is 0. The molecule has 0 bridgehead atoms. The van der Waals surface area contributed by atoms with Gasteiger partial charge < -0.3 is 20.2 Å². The number of carbonyl (C=O) groups excluding carboxylic acids is 3. The molecular formula is C28H34N4O6. The number of amides is 3. The van der Waals surface area contributed by atoms with E-state index in [1.165, 1.54) is 0 Å². The lowest BCUT2D eigenvalue weighted by atomic mass is 10.1. The first-order valence-corrected chi connectivity index (χ1v) is 13.0. The molecule has 2 aromatic carbocycles. The van der Waals surface area contributed by atoms with E-state index < -0.39 is 12.0 Å². The third-order valence-corrected chi connectivity index (χ3v) is 6.68. The normalized spacial score (nSPS) is 16.5. The molecule has 1 aromatic heterocycles. The summed E-state index contributed by atoms with van der Waals surface area (Å²) in [5, 5.41) is 15.3. The molecule has 10 nitrogen and oxygen atoms in total. The summed E-state index contributed by atoms with van der Waals surface area (Å²) in [6.45, 7) is 0.390. The van der Waals surface area contributed by atoms with E-state index in [0.717, 1.165) is 29.4 Å². The van der Waals surface area contributed by atoms with Crippen molar-refractivity contribution in [2.75, 3.05) is 24.4 Å². The van der Waals surface area contributed by atoms with Crippen LogP contribution in [0.15, 0.2) is 48.5 Å². The van der Waals surface area contributed by atoms with Crippen LogP contribution in [0.4, 0.5) is 11.4 Å². The van der Waals surface area contributed by atoms with Crippen LogP contribution >= 0.6 is 0 Å². The molecule has 10 heteroatoms. The van der Waals surface area contributed by atoms with E-state index in [0.29, 0.717) is 55.6 Å². The lowest BCUT2D eigenvalue weighted by molar-refractivity contribution is -0.129. The Bertz CT molecular complexity index is 1290. The first-order chi connectivity index (χ1) is 18.5. The van der Waals surface area contributed by atoms with Gasteiger partial charge in [-0.2, -0.15) is 4.73 Å². The fraction of sp³-hybridized carbons (Fsp3) is 0.393. The van der Waals surface area contributed by atoms with Gasteiger partial charge in [0.1, 0.15) is 13.2 Å². The van der Waals surface area contributed by atoms with Crippen molar-refractivity contribution in [1.82, 2.24) is 10.2 Å². The number of unbranched alkanes of at least 4 members (excludes halogenated alkanes) is 2. The molecule has 4 N–H and O–H groups in total. The maximum absolute atomic E-state index is 13.6. The van der Waals surface area contributed by atoms with Crippen molar-refractivity contribution in [2.24, 2.45) is 0 Å². The largest absolute Gasteiger partial charge is 0.417 e. The second-order valence-electron chi connectivity index (χ2n) is 9.26. The lowest BCUT2D eigenvalue weighted by Crippen LogP contribution is -2.31. The van der Waals surface area contributed by atoms with Crippen LogP contribution in [-0.2, 0) is 20.7 Å². The van der Waals surface area contributed by atoms with Crippen LogP contribution in [0.5, 0.6) is 0 Å². The van der Waals surface area contributed by atoms with E-state index in [9.17, 15) is 14.4 Å². The quantitative estimate of drug-likeness (QED) is 0.210. The Labute approximate surface area is 221 Å². The van der Waals surface area contributed by atoms with Crippen LogP contribution in [0.2, 0.25) is 0 Å². The minimum absolute atomic E-state index is 0.224. The minimum Gasteiger partial charge on any atom is -0.417 e. The Morgan fingerprint density at radius 2 is 1.79 bits per heavy atom. The van der Waals surface area contributed by atoms with Gasteiger partial charge in [-0.1, -0.05) is 43.2 Å². The number of carbonyl (C=O) groups is 3. The number of nitrogens with one attached hydrogen (secondary N) is 3. The third kappa shape index (κ3) is 6.32. The summed E-state index contributed by atoms with van der Waals surface area (Å²) in [7, 11) is 1.59. The van der Waals surface area contributed by atoms with Crippen molar-refractivity contribution in [2.45, 2.75) is 57.5 Å². The minimum atomic E-state index is -0.672. The molecule has 0 fully saturated rings. The van der Waals surface area contributed by atoms with E-state index in [2.05, 4.69) is 10.6 Å². The number of nitrogens with zero attached hydrogens (tertiary/aromatic N) is 1. The zero-order valence-corrected chi connectivity index (χ0v) is 21.5. The van der Waals surface area contributed by atoms with Gasteiger partial charge in [-0.3, -0.25) is 19.6 Å². The number of hydroxylamine groups is 1. The van der Waals surface area contributed by atoms with Gasteiger partial charge in [0, 0.05) is 18.4 Å². The van der Waals surface area contributed by atoms with Crippen LogP contribution in [0, 0.1) is 0 Å². The lowest BCUT2D eigenvalue weighted by Gasteiger charge is -2.20. The van der Waals surface area contributed by atoms with Gasteiger partial charge in [-0.25, -0.2) is 5.48 Å². The molecule has 1 aliphatic heterocycles. The van der Waals surface area contributed by atoms with Crippen LogP contribution in [0.1, 0.15) is 61.0 Å². The Hall–Kier alpha value is -3.89. The molecule has 0 spiro atoms. The first kappa shape index (κ1) is 27.2. The molecular weight excluding hydrogens is 488 g/mol. The van der Waals surface area contributed by atoms with Crippen molar-refractivity contribution in [3.05, 3.63) is 59.8 Å². The molecule has 1 atom stereocenters. The molecule has 1 aliphatic rings.